The van der Waals surface area contributed by atoms with Crippen LogP contribution in [0.25, 0.3) is 0 Å². The SMILES string of the molecule is CC=C1/C(=C\C)C2CC(CC(C)(O)C(F)(F)F)C1C2. The first kappa shape index (κ1) is 14.6. The van der Waals surface area contributed by atoms with Crippen molar-refractivity contribution in [2.45, 2.75) is 51.8 Å². The van der Waals surface area contributed by atoms with E-state index in [0.29, 0.717) is 5.92 Å². The third kappa shape index (κ3) is 2.35. The molecule has 2 aliphatic rings. The number of halogens is 3. The lowest BCUT2D eigenvalue weighted by molar-refractivity contribution is -0.259. The molecule has 4 atom stereocenters. The molecule has 19 heavy (non-hydrogen) atoms. The molecule has 0 radical (unpaired) electrons. The lowest BCUT2D eigenvalue weighted by atomic mass is 9.76. The van der Waals surface area contributed by atoms with Gasteiger partial charge in [0.05, 0.1) is 0 Å². The highest BCUT2D eigenvalue weighted by atomic mass is 19.4. The van der Waals surface area contributed by atoms with Gasteiger partial charge in [0.1, 0.15) is 0 Å². The minimum Gasteiger partial charge on any atom is -0.381 e. The van der Waals surface area contributed by atoms with E-state index < -0.39 is 11.8 Å². The number of rotatable bonds is 2. The molecule has 2 fully saturated rings. The third-order valence-corrected chi connectivity index (χ3v) is 4.76. The van der Waals surface area contributed by atoms with E-state index in [1.165, 1.54) is 11.1 Å². The van der Waals surface area contributed by atoms with Gasteiger partial charge in [-0.25, -0.2) is 0 Å². The van der Waals surface area contributed by atoms with Crippen molar-refractivity contribution in [1.29, 1.82) is 0 Å². The van der Waals surface area contributed by atoms with E-state index in [2.05, 4.69) is 6.08 Å². The predicted octanol–water partition coefficient (Wildman–Crippen LogP) is 4.24. The molecule has 0 aliphatic heterocycles. The molecule has 0 aromatic heterocycles. The van der Waals surface area contributed by atoms with Gasteiger partial charge in [0.15, 0.2) is 5.60 Å². The minimum absolute atomic E-state index is 0.0588. The van der Waals surface area contributed by atoms with Crippen molar-refractivity contribution in [3.63, 3.8) is 0 Å². The molecule has 4 unspecified atom stereocenters. The van der Waals surface area contributed by atoms with Crippen LogP contribution in [0.5, 0.6) is 0 Å². The molecule has 1 N–H and O–H groups in total. The summed E-state index contributed by atoms with van der Waals surface area (Å²) in [6, 6.07) is 0. The largest absolute Gasteiger partial charge is 0.416 e. The van der Waals surface area contributed by atoms with Crippen LogP contribution in [0.3, 0.4) is 0 Å². The van der Waals surface area contributed by atoms with Crippen LogP contribution in [-0.4, -0.2) is 16.9 Å². The zero-order chi connectivity index (χ0) is 14.4. The average Bonchev–Trinajstić information content (AvgIpc) is 2.82. The fraction of sp³-hybridized carbons (Fsp3) is 0.733. The Kier molecular flexibility index (Phi) is 3.58. The van der Waals surface area contributed by atoms with E-state index in [1.807, 2.05) is 19.9 Å². The van der Waals surface area contributed by atoms with Gasteiger partial charge in [0.25, 0.3) is 0 Å². The number of hydrogen-bond acceptors (Lipinski definition) is 1. The van der Waals surface area contributed by atoms with Crippen LogP contribution in [0, 0.1) is 17.8 Å². The summed E-state index contributed by atoms with van der Waals surface area (Å²) in [4.78, 5) is 0. The van der Waals surface area contributed by atoms with E-state index in [-0.39, 0.29) is 18.3 Å². The van der Waals surface area contributed by atoms with Gasteiger partial charge in [-0.2, -0.15) is 13.2 Å². The lowest BCUT2D eigenvalue weighted by Gasteiger charge is -2.34. The molecular weight excluding hydrogens is 253 g/mol. The van der Waals surface area contributed by atoms with Gasteiger partial charge in [-0.1, -0.05) is 12.2 Å². The molecular formula is C15H21F3O. The van der Waals surface area contributed by atoms with Gasteiger partial charge in [-0.3, -0.25) is 0 Å². The highest BCUT2D eigenvalue weighted by molar-refractivity contribution is 5.42. The van der Waals surface area contributed by atoms with Gasteiger partial charge in [0.2, 0.25) is 0 Å². The van der Waals surface area contributed by atoms with Crippen molar-refractivity contribution in [2.75, 3.05) is 0 Å². The first-order chi connectivity index (χ1) is 8.71. The predicted molar refractivity (Wildman–Crippen MR) is 68.5 cm³/mol. The van der Waals surface area contributed by atoms with E-state index >= 15 is 0 Å². The maximum Gasteiger partial charge on any atom is 0.416 e. The number of alkyl halides is 3. The van der Waals surface area contributed by atoms with E-state index in [0.717, 1.165) is 19.8 Å². The Hall–Kier alpha value is -0.770. The van der Waals surface area contributed by atoms with Crippen LogP contribution in [0.15, 0.2) is 23.3 Å². The zero-order valence-corrected chi connectivity index (χ0v) is 11.6. The lowest BCUT2D eigenvalue weighted by Crippen LogP contribution is -2.44. The molecule has 0 aromatic rings. The van der Waals surface area contributed by atoms with Gasteiger partial charge in [-0.05, 0) is 68.9 Å². The molecule has 0 aromatic carbocycles. The van der Waals surface area contributed by atoms with Crippen LogP contribution in [0.1, 0.15) is 40.0 Å². The topological polar surface area (TPSA) is 20.2 Å². The Morgan fingerprint density at radius 1 is 1.16 bits per heavy atom. The summed E-state index contributed by atoms with van der Waals surface area (Å²) in [5.41, 5.74) is -0.0750. The first-order valence-electron chi connectivity index (χ1n) is 6.83. The van der Waals surface area contributed by atoms with Crippen molar-refractivity contribution in [3.05, 3.63) is 23.3 Å². The fourth-order valence-corrected chi connectivity index (χ4v) is 3.84. The highest BCUT2D eigenvalue weighted by Crippen LogP contribution is 2.57. The van der Waals surface area contributed by atoms with E-state index in [1.54, 1.807) is 0 Å². The molecule has 2 rings (SSSR count). The highest BCUT2D eigenvalue weighted by Gasteiger charge is 2.54. The number of hydrogen-bond donors (Lipinski definition) is 1. The number of fused-ring (bicyclic) bond motifs is 2. The summed E-state index contributed by atoms with van der Waals surface area (Å²) in [6.45, 7) is 4.82. The number of aliphatic hydroxyl groups is 1. The average molecular weight is 274 g/mol. The molecule has 0 amide bonds. The minimum atomic E-state index is -4.55. The van der Waals surface area contributed by atoms with Crippen LogP contribution in [0.4, 0.5) is 13.2 Å². The van der Waals surface area contributed by atoms with Crippen LogP contribution < -0.4 is 0 Å². The Balaban J connectivity index is 2.16. The van der Waals surface area contributed by atoms with Crippen molar-refractivity contribution < 1.29 is 18.3 Å². The summed E-state index contributed by atoms with van der Waals surface area (Å²) in [6.07, 6.45) is 1.08. The van der Waals surface area contributed by atoms with Crippen LogP contribution in [-0.2, 0) is 0 Å². The van der Waals surface area contributed by atoms with Gasteiger partial charge in [0, 0.05) is 0 Å². The van der Waals surface area contributed by atoms with Crippen molar-refractivity contribution in [1.82, 2.24) is 0 Å². The second kappa shape index (κ2) is 4.65. The van der Waals surface area contributed by atoms with Crippen LogP contribution in [0.2, 0.25) is 0 Å². The summed E-state index contributed by atoms with van der Waals surface area (Å²) in [7, 11) is 0. The molecule has 0 saturated heterocycles. The first-order valence-corrected chi connectivity index (χ1v) is 6.83. The Labute approximate surface area is 112 Å². The van der Waals surface area contributed by atoms with Crippen LogP contribution >= 0.6 is 0 Å². The smallest absolute Gasteiger partial charge is 0.381 e. The normalized spacial score (nSPS) is 38.2. The second-order valence-electron chi connectivity index (χ2n) is 6.00. The molecule has 0 heterocycles. The van der Waals surface area contributed by atoms with Gasteiger partial charge in [-0.15, -0.1) is 0 Å². The molecule has 2 aliphatic carbocycles. The summed E-state index contributed by atoms with van der Waals surface area (Å²) < 4.78 is 38.3. The number of allylic oxidation sites excluding steroid dienone is 4. The summed E-state index contributed by atoms with van der Waals surface area (Å²) in [5.74, 6) is 0.516. The maximum absolute atomic E-state index is 12.8. The maximum atomic E-state index is 12.8. The Morgan fingerprint density at radius 2 is 1.74 bits per heavy atom. The molecule has 0 spiro atoms. The Morgan fingerprint density at radius 3 is 2.21 bits per heavy atom. The van der Waals surface area contributed by atoms with Crippen molar-refractivity contribution in [2.24, 2.45) is 17.8 Å². The van der Waals surface area contributed by atoms with E-state index in [4.69, 9.17) is 0 Å². The molecule has 108 valence electrons. The van der Waals surface area contributed by atoms with Gasteiger partial charge >= 0.3 is 6.18 Å². The van der Waals surface area contributed by atoms with Crippen molar-refractivity contribution in [3.8, 4) is 0 Å². The standard InChI is InChI=1S/C15H21F3O/c1-4-11-9-6-10(13(7-9)12(11)5-2)8-14(3,19)15(16,17)18/h4-5,9-10,13,19H,6-8H2,1-3H3/b11-4-,12-5?. The van der Waals surface area contributed by atoms with E-state index in [9.17, 15) is 18.3 Å². The molecule has 1 nitrogen and oxygen atoms in total. The fourth-order valence-electron chi connectivity index (χ4n) is 3.84. The zero-order valence-electron chi connectivity index (χ0n) is 11.6. The summed E-state index contributed by atoms with van der Waals surface area (Å²) >= 11 is 0. The second-order valence-corrected chi connectivity index (χ2v) is 6.00. The molecule has 2 saturated carbocycles. The summed E-state index contributed by atoms with van der Waals surface area (Å²) in [5, 5.41) is 9.66. The monoisotopic (exact) mass is 274 g/mol. The molecule has 4 heteroatoms. The van der Waals surface area contributed by atoms with Gasteiger partial charge < -0.3 is 5.11 Å². The molecule has 2 bridgehead atoms. The quantitative estimate of drug-likeness (QED) is 0.798. The third-order valence-electron chi connectivity index (χ3n) is 4.76. The Bertz CT molecular complexity index is 418. The van der Waals surface area contributed by atoms with Crippen molar-refractivity contribution >= 4 is 0 Å².